The Bertz CT molecular complexity index is 530. The van der Waals surface area contributed by atoms with Gasteiger partial charge in [-0.15, -0.1) is 0 Å². The summed E-state index contributed by atoms with van der Waals surface area (Å²) in [4.78, 5) is 0. The van der Waals surface area contributed by atoms with Crippen LogP contribution in [-0.4, -0.2) is 11.9 Å². The minimum atomic E-state index is -4.39. The number of allylic oxidation sites excluding steroid dienone is 2. The number of hydrogen-bond acceptors (Lipinski definition) is 3. The summed E-state index contributed by atoms with van der Waals surface area (Å²) in [6, 6.07) is 4.79. The predicted molar refractivity (Wildman–Crippen MR) is 70.0 cm³/mol. The summed E-state index contributed by atoms with van der Waals surface area (Å²) in [5.41, 5.74) is 0.507. The highest BCUT2D eigenvalue weighted by Gasteiger charge is 2.30. The average Bonchev–Trinajstić information content (AvgIpc) is 2.28. The minimum absolute atomic E-state index is 0.173. The zero-order valence-corrected chi connectivity index (χ0v) is 10.5. The number of anilines is 1. The Morgan fingerprint density at radius 2 is 1.89 bits per heavy atom. The standard InChI is InChI=1S/C13H14F3N3/c1-8(18)12(7-17)9(2)19-11-5-3-4-10(6-11)13(14,15)16/h3-7,17-19H,1-2H3/b12-9+,17-7?,18-8?. The Kier molecular flexibility index (Phi) is 4.47. The molecule has 0 bridgehead atoms. The second-order valence-electron chi connectivity index (χ2n) is 4.01. The lowest BCUT2D eigenvalue weighted by molar-refractivity contribution is -0.137. The van der Waals surface area contributed by atoms with Gasteiger partial charge in [0.05, 0.1) is 5.56 Å². The number of nitrogens with one attached hydrogen (secondary N) is 3. The van der Waals surface area contributed by atoms with E-state index in [1.54, 1.807) is 6.92 Å². The number of alkyl halides is 3. The second-order valence-corrected chi connectivity index (χ2v) is 4.01. The van der Waals surface area contributed by atoms with Gasteiger partial charge in [-0.1, -0.05) is 6.07 Å². The highest BCUT2D eigenvalue weighted by molar-refractivity contribution is 6.13. The predicted octanol–water partition coefficient (Wildman–Crippen LogP) is 4.08. The highest BCUT2D eigenvalue weighted by Crippen LogP contribution is 2.30. The van der Waals surface area contributed by atoms with Crippen molar-refractivity contribution in [3.8, 4) is 0 Å². The van der Waals surface area contributed by atoms with Crippen LogP contribution in [0, 0.1) is 10.8 Å². The molecule has 0 radical (unpaired) electrons. The van der Waals surface area contributed by atoms with E-state index in [0.29, 0.717) is 11.3 Å². The molecule has 1 aromatic rings. The Morgan fingerprint density at radius 3 is 2.37 bits per heavy atom. The van der Waals surface area contributed by atoms with Crippen LogP contribution in [0.3, 0.4) is 0 Å². The molecule has 0 saturated carbocycles. The van der Waals surface area contributed by atoms with Crippen molar-refractivity contribution in [2.45, 2.75) is 20.0 Å². The van der Waals surface area contributed by atoms with Gasteiger partial charge in [-0.05, 0) is 32.0 Å². The van der Waals surface area contributed by atoms with Gasteiger partial charge in [0.15, 0.2) is 0 Å². The van der Waals surface area contributed by atoms with E-state index in [4.69, 9.17) is 10.8 Å². The van der Waals surface area contributed by atoms with Crippen molar-refractivity contribution in [3.63, 3.8) is 0 Å². The zero-order chi connectivity index (χ0) is 14.6. The summed E-state index contributed by atoms with van der Waals surface area (Å²) in [7, 11) is 0. The Morgan fingerprint density at radius 1 is 1.26 bits per heavy atom. The van der Waals surface area contributed by atoms with Crippen LogP contribution in [0.15, 0.2) is 35.5 Å². The topological polar surface area (TPSA) is 59.7 Å². The number of benzene rings is 1. The molecule has 102 valence electrons. The van der Waals surface area contributed by atoms with Gasteiger partial charge in [0.25, 0.3) is 0 Å². The molecule has 1 rings (SSSR count). The molecule has 3 nitrogen and oxygen atoms in total. The molecule has 0 spiro atoms. The van der Waals surface area contributed by atoms with E-state index in [-0.39, 0.29) is 11.4 Å². The summed E-state index contributed by atoms with van der Waals surface area (Å²) in [6.07, 6.45) is -3.39. The van der Waals surface area contributed by atoms with E-state index < -0.39 is 11.7 Å². The van der Waals surface area contributed by atoms with Crippen molar-refractivity contribution in [3.05, 3.63) is 41.1 Å². The molecule has 3 N–H and O–H groups in total. The Balaban J connectivity index is 3.07. The van der Waals surface area contributed by atoms with Crippen LogP contribution in [0.2, 0.25) is 0 Å². The molecular weight excluding hydrogens is 255 g/mol. The van der Waals surface area contributed by atoms with Gasteiger partial charge < -0.3 is 16.1 Å². The first-order valence-electron chi connectivity index (χ1n) is 5.47. The molecule has 0 atom stereocenters. The van der Waals surface area contributed by atoms with E-state index >= 15 is 0 Å². The fourth-order valence-corrected chi connectivity index (χ4v) is 1.55. The van der Waals surface area contributed by atoms with Crippen LogP contribution in [0.4, 0.5) is 18.9 Å². The van der Waals surface area contributed by atoms with E-state index in [2.05, 4.69) is 5.32 Å². The van der Waals surface area contributed by atoms with Gasteiger partial charge in [0, 0.05) is 28.9 Å². The largest absolute Gasteiger partial charge is 0.416 e. The second kappa shape index (κ2) is 5.69. The average molecular weight is 269 g/mol. The smallest absolute Gasteiger partial charge is 0.359 e. The van der Waals surface area contributed by atoms with Crippen molar-refractivity contribution in [1.29, 1.82) is 10.8 Å². The van der Waals surface area contributed by atoms with Crippen molar-refractivity contribution < 1.29 is 13.2 Å². The molecule has 0 saturated heterocycles. The van der Waals surface area contributed by atoms with Crippen LogP contribution in [0.1, 0.15) is 19.4 Å². The summed E-state index contributed by atoms with van der Waals surface area (Å²) in [5.74, 6) is 0. The van der Waals surface area contributed by atoms with Gasteiger partial charge >= 0.3 is 6.18 Å². The summed E-state index contributed by atoms with van der Waals surface area (Å²) >= 11 is 0. The molecule has 0 aliphatic heterocycles. The molecule has 0 amide bonds. The first-order chi connectivity index (χ1) is 8.75. The third-order valence-corrected chi connectivity index (χ3v) is 2.47. The van der Waals surface area contributed by atoms with Crippen LogP contribution in [0.25, 0.3) is 0 Å². The van der Waals surface area contributed by atoms with Crippen LogP contribution >= 0.6 is 0 Å². The van der Waals surface area contributed by atoms with Gasteiger partial charge in [0.1, 0.15) is 0 Å². The lowest BCUT2D eigenvalue weighted by atomic mass is 10.1. The zero-order valence-electron chi connectivity index (χ0n) is 10.5. The quantitative estimate of drug-likeness (QED) is 0.709. The summed E-state index contributed by atoms with van der Waals surface area (Å²) in [6.45, 7) is 3.12. The van der Waals surface area contributed by atoms with Gasteiger partial charge in [-0.25, -0.2) is 0 Å². The molecule has 0 unspecified atom stereocenters. The van der Waals surface area contributed by atoms with Crippen molar-refractivity contribution in [1.82, 2.24) is 0 Å². The summed E-state index contributed by atoms with van der Waals surface area (Å²) < 4.78 is 37.6. The maximum atomic E-state index is 12.5. The van der Waals surface area contributed by atoms with E-state index in [9.17, 15) is 13.2 Å². The molecule has 1 aromatic carbocycles. The van der Waals surface area contributed by atoms with Gasteiger partial charge in [0.2, 0.25) is 0 Å². The molecule has 0 aromatic heterocycles. The fraction of sp³-hybridized carbons (Fsp3) is 0.231. The maximum Gasteiger partial charge on any atom is 0.416 e. The maximum absolute atomic E-state index is 12.5. The minimum Gasteiger partial charge on any atom is -0.359 e. The fourth-order valence-electron chi connectivity index (χ4n) is 1.55. The third-order valence-electron chi connectivity index (χ3n) is 2.47. The van der Waals surface area contributed by atoms with Crippen LogP contribution < -0.4 is 5.32 Å². The molecule has 6 heteroatoms. The molecule has 0 aliphatic carbocycles. The molecule has 19 heavy (non-hydrogen) atoms. The number of rotatable bonds is 4. The lowest BCUT2D eigenvalue weighted by Crippen LogP contribution is -2.09. The number of halogens is 3. The summed E-state index contributed by atoms with van der Waals surface area (Å²) in [5, 5.41) is 17.4. The molecule has 0 heterocycles. The molecule has 0 aliphatic rings. The van der Waals surface area contributed by atoms with Crippen LogP contribution in [0.5, 0.6) is 0 Å². The third kappa shape index (κ3) is 3.94. The number of hydrogen-bond donors (Lipinski definition) is 3. The van der Waals surface area contributed by atoms with Crippen LogP contribution in [-0.2, 0) is 6.18 Å². The SMILES string of the molecule is CC(=N)/C(C=N)=C(\C)Nc1cccc(C(F)(F)F)c1. The van der Waals surface area contributed by atoms with Crippen molar-refractivity contribution in [2.75, 3.05) is 5.32 Å². The molecular formula is C13H14F3N3. The van der Waals surface area contributed by atoms with Gasteiger partial charge in [-0.3, -0.25) is 0 Å². The first kappa shape index (κ1) is 14.9. The molecule has 0 fully saturated rings. The Hall–Kier alpha value is -2.11. The lowest BCUT2D eigenvalue weighted by Gasteiger charge is -2.12. The Labute approximate surface area is 109 Å². The highest BCUT2D eigenvalue weighted by atomic mass is 19.4. The van der Waals surface area contributed by atoms with E-state index in [1.807, 2.05) is 0 Å². The van der Waals surface area contributed by atoms with Crippen molar-refractivity contribution >= 4 is 17.6 Å². The first-order valence-corrected chi connectivity index (χ1v) is 5.47. The van der Waals surface area contributed by atoms with Crippen molar-refractivity contribution in [2.24, 2.45) is 0 Å². The van der Waals surface area contributed by atoms with E-state index in [1.165, 1.54) is 19.1 Å². The monoisotopic (exact) mass is 269 g/mol. The van der Waals surface area contributed by atoms with Gasteiger partial charge in [-0.2, -0.15) is 13.2 Å². The normalized spacial score (nSPS) is 12.7. The van der Waals surface area contributed by atoms with E-state index in [0.717, 1.165) is 18.3 Å².